The lowest BCUT2D eigenvalue weighted by Gasteiger charge is -2.33. The second kappa shape index (κ2) is 8.35. The van der Waals surface area contributed by atoms with E-state index in [9.17, 15) is 9.59 Å². The third-order valence-corrected chi connectivity index (χ3v) is 5.86. The van der Waals surface area contributed by atoms with Gasteiger partial charge in [-0.25, -0.2) is 0 Å². The third-order valence-electron chi connectivity index (χ3n) is 5.86. The maximum Gasteiger partial charge on any atom is 0.229 e. The quantitative estimate of drug-likeness (QED) is 0.360. The summed E-state index contributed by atoms with van der Waals surface area (Å²) in [7, 11) is 3.14. The highest BCUT2D eigenvalue weighted by atomic mass is 16.5. The summed E-state index contributed by atoms with van der Waals surface area (Å²) in [5, 5.41) is 3.49. The number of fused-ring (bicyclic) bond motifs is 2. The van der Waals surface area contributed by atoms with Crippen LogP contribution in [-0.4, -0.2) is 31.3 Å². The molecule has 0 unspecified atom stereocenters. The summed E-state index contributed by atoms with van der Waals surface area (Å²) in [4.78, 5) is 27.1. The van der Waals surface area contributed by atoms with E-state index in [4.69, 9.17) is 13.9 Å². The van der Waals surface area contributed by atoms with Crippen LogP contribution in [0, 0.1) is 5.41 Å². The number of methoxy groups -OCH3 is 2. The van der Waals surface area contributed by atoms with Crippen molar-refractivity contribution in [2.75, 3.05) is 19.5 Å². The molecule has 0 saturated carbocycles. The van der Waals surface area contributed by atoms with E-state index in [1.54, 1.807) is 56.7 Å². The van der Waals surface area contributed by atoms with Crippen molar-refractivity contribution in [3.05, 3.63) is 64.9 Å². The Morgan fingerprint density at radius 3 is 2.06 bits per heavy atom. The standard InChI is InChI=1S/C28H31NO5/c1-27(2,3)15-28(4,5)29-26-21(19-14-16(32-6)12-13-20(19)33-7)22-23(30)17-10-8-9-11-18(17)24(31)25(22)34-26/h8-14,29H,15H2,1-7H3. The highest BCUT2D eigenvalue weighted by Crippen LogP contribution is 2.47. The van der Waals surface area contributed by atoms with Crippen molar-refractivity contribution in [3.8, 4) is 22.6 Å². The zero-order valence-electron chi connectivity index (χ0n) is 20.8. The Hall–Kier alpha value is -3.54. The van der Waals surface area contributed by atoms with Crippen molar-refractivity contribution in [3.63, 3.8) is 0 Å². The van der Waals surface area contributed by atoms with Gasteiger partial charge in [0, 0.05) is 22.2 Å². The van der Waals surface area contributed by atoms with Crippen molar-refractivity contribution < 1.29 is 23.5 Å². The molecule has 0 fully saturated rings. The Labute approximate surface area is 200 Å². The van der Waals surface area contributed by atoms with Gasteiger partial charge in [0.25, 0.3) is 0 Å². The lowest BCUT2D eigenvalue weighted by atomic mass is 9.81. The van der Waals surface area contributed by atoms with Crippen LogP contribution in [0.2, 0.25) is 0 Å². The molecule has 1 aromatic heterocycles. The topological polar surface area (TPSA) is 77.8 Å². The lowest BCUT2D eigenvalue weighted by molar-refractivity contribution is 0.0961. The normalized spacial score (nSPS) is 13.4. The highest BCUT2D eigenvalue weighted by molar-refractivity contribution is 6.30. The van der Waals surface area contributed by atoms with Gasteiger partial charge in [-0.05, 0) is 43.9 Å². The van der Waals surface area contributed by atoms with Gasteiger partial charge >= 0.3 is 0 Å². The number of furan rings is 1. The molecule has 1 aliphatic carbocycles. The Morgan fingerprint density at radius 1 is 0.824 bits per heavy atom. The second-order valence-electron chi connectivity index (χ2n) is 10.5. The summed E-state index contributed by atoms with van der Waals surface area (Å²) < 4.78 is 17.3. The first-order valence-electron chi connectivity index (χ1n) is 11.3. The SMILES string of the molecule is COc1ccc(OC)c(-c2c(NC(C)(C)CC(C)(C)C)oc3c2C(=O)c2ccccc2C3=O)c1. The van der Waals surface area contributed by atoms with E-state index >= 15 is 0 Å². The number of anilines is 1. The van der Waals surface area contributed by atoms with Gasteiger partial charge in [-0.2, -0.15) is 0 Å². The summed E-state index contributed by atoms with van der Waals surface area (Å²) in [6, 6.07) is 12.2. The number of hydrogen-bond donors (Lipinski definition) is 1. The van der Waals surface area contributed by atoms with Gasteiger partial charge in [-0.1, -0.05) is 45.0 Å². The minimum absolute atomic E-state index is 0.0395. The number of carbonyl (C=O) groups is 2. The number of hydrogen-bond acceptors (Lipinski definition) is 6. The van der Waals surface area contributed by atoms with Crippen LogP contribution < -0.4 is 14.8 Å². The molecular weight excluding hydrogens is 430 g/mol. The van der Waals surface area contributed by atoms with E-state index in [2.05, 4.69) is 39.9 Å². The van der Waals surface area contributed by atoms with Crippen molar-refractivity contribution >= 4 is 17.5 Å². The number of ketones is 2. The largest absolute Gasteiger partial charge is 0.497 e. The summed E-state index contributed by atoms with van der Waals surface area (Å²) in [6.07, 6.45) is 0.822. The molecule has 1 aliphatic rings. The van der Waals surface area contributed by atoms with E-state index in [0.29, 0.717) is 39.6 Å². The average molecular weight is 462 g/mol. The zero-order chi connectivity index (χ0) is 24.8. The molecule has 3 aromatic rings. The molecule has 6 heteroatoms. The van der Waals surface area contributed by atoms with Crippen LogP contribution >= 0.6 is 0 Å². The molecule has 1 N–H and O–H groups in total. The van der Waals surface area contributed by atoms with Gasteiger partial charge in [0.15, 0.2) is 11.5 Å². The molecule has 0 bridgehead atoms. The minimum Gasteiger partial charge on any atom is -0.497 e. The predicted molar refractivity (Wildman–Crippen MR) is 132 cm³/mol. The van der Waals surface area contributed by atoms with Crippen LogP contribution in [0.25, 0.3) is 11.1 Å². The van der Waals surface area contributed by atoms with Gasteiger partial charge in [-0.15, -0.1) is 0 Å². The number of rotatable bonds is 6. The molecule has 2 aromatic carbocycles. The Balaban J connectivity index is 1.99. The van der Waals surface area contributed by atoms with Gasteiger partial charge in [0.1, 0.15) is 11.5 Å². The fraction of sp³-hybridized carbons (Fsp3) is 0.357. The van der Waals surface area contributed by atoms with Crippen molar-refractivity contribution in [2.45, 2.75) is 46.6 Å². The van der Waals surface area contributed by atoms with Crippen LogP contribution in [0.3, 0.4) is 0 Å². The molecule has 0 spiro atoms. The van der Waals surface area contributed by atoms with E-state index in [0.717, 1.165) is 6.42 Å². The van der Waals surface area contributed by atoms with E-state index < -0.39 is 5.54 Å². The maximum absolute atomic E-state index is 13.7. The Kier molecular flexibility index (Phi) is 5.80. The van der Waals surface area contributed by atoms with Crippen molar-refractivity contribution in [2.24, 2.45) is 5.41 Å². The first-order valence-corrected chi connectivity index (χ1v) is 11.3. The molecule has 6 nitrogen and oxygen atoms in total. The number of nitrogens with one attached hydrogen (secondary N) is 1. The van der Waals surface area contributed by atoms with Gasteiger partial charge in [-0.3, -0.25) is 9.59 Å². The van der Waals surface area contributed by atoms with Crippen LogP contribution in [0.15, 0.2) is 46.9 Å². The average Bonchev–Trinajstić information content (AvgIpc) is 3.13. The smallest absolute Gasteiger partial charge is 0.229 e. The molecule has 178 valence electrons. The van der Waals surface area contributed by atoms with Gasteiger partial charge in [0.05, 0.1) is 25.3 Å². The van der Waals surface area contributed by atoms with Crippen LogP contribution in [0.1, 0.15) is 73.1 Å². The minimum atomic E-state index is -0.390. The molecule has 0 saturated heterocycles. The Morgan fingerprint density at radius 2 is 1.47 bits per heavy atom. The molecule has 4 rings (SSSR count). The molecule has 0 atom stereocenters. The molecule has 34 heavy (non-hydrogen) atoms. The molecule has 1 heterocycles. The fourth-order valence-corrected chi connectivity index (χ4v) is 4.98. The number of carbonyl (C=O) groups excluding carboxylic acids is 2. The lowest BCUT2D eigenvalue weighted by Crippen LogP contribution is -2.35. The van der Waals surface area contributed by atoms with E-state index in [1.807, 2.05) is 0 Å². The molecule has 0 amide bonds. The van der Waals surface area contributed by atoms with Crippen LogP contribution in [0.5, 0.6) is 11.5 Å². The van der Waals surface area contributed by atoms with Crippen molar-refractivity contribution in [1.29, 1.82) is 0 Å². The zero-order valence-corrected chi connectivity index (χ0v) is 20.8. The maximum atomic E-state index is 13.7. The van der Waals surface area contributed by atoms with E-state index in [1.165, 1.54) is 0 Å². The van der Waals surface area contributed by atoms with Crippen LogP contribution in [-0.2, 0) is 0 Å². The first kappa shape index (κ1) is 23.6. The fourth-order valence-electron chi connectivity index (χ4n) is 4.98. The van der Waals surface area contributed by atoms with Gasteiger partial charge < -0.3 is 19.2 Å². The summed E-state index contributed by atoms with van der Waals surface area (Å²) in [5.41, 5.74) is 1.71. The van der Waals surface area contributed by atoms with Crippen molar-refractivity contribution in [1.82, 2.24) is 0 Å². The molecular formula is C28H31NO5. The number of ether oxygens (including phenoxy) is 2. The summed E-state index contributed by atoms with van der Waals surface area (Å²) >= 11 is 0. The van der Waals surface area contributed by atoms with Gasteiger partial charge in [0.2, 0.25) is 11.7 Å². The first-order chi connectivity index (χ1) is 16.0. The second-order valence-corrected chi connectivity index (χ2v) is 10.5. The molecule has 0 radical (unpaired) electrons. The summed E-state index contributed by atoms with van der Waals surface area (Å²) in [5.74, 6) is 0.976. The summed E-state index contributed by atoms with van der Waals surface area (Å²) in [6.45, 7) is 10.6. The number of benzene rings is 2. The highest BCUT2D eigenvalue weighted by Gasteiger charge is 2.39. The molecule has 0 aliphatic heterocycles. The Bertz CT molecular complexity index is 1280. The van der Waals surface area contributed by atoms with E-state index in [-0.39, 0.29) is 28.3 Å². The monoisotopic (exact) mass is 461 g/mol. The third kappa shape index (κ3) is 4.20. The predicted octanol–water partition coefficient (Wildman–Crippen LogP) is 6.37. The van der Waals surface area contributed by atoms with Crippen LogP contribution in [0.4, 0.5) is 5.88 Å².